The summed E-state index contributed by atoms with van der Waals surface area (Å²) < 4.78 is 4.62. The Morgan fingerprint density at radius 1 is 1.62 bits per heavy atom. The fraction of sp³-hybridized carbons (Fsp3) is 0.222. The molecule has 16 heavy (non-hydrogen) atoms. The van der Waals surface area contributed by atoms with Crippen LogP contribution in [-0.4, -0.2) is 22.6 Å². The number of phenols is 1. The van der Waals surface area contributed by atoms with Gasteiger partial charge in [0.1, 0.15) is 17.0 Å². The number of esters is 1. The van der Waals surface area contributed by atoms with Crippen LogP contribution in [0.5, 0.6) is 5.75 Å². The lowest BCUT2D eigenvalue weighted by atomic mass is 10.1. The second-order valence-corrected chi connectivity index (χ2v) is 2.91. The van der Waals surface area contributed by atoms with E-state index in [4.69, 9.17) is 5.73 Å². The smallest absolute Gasteiger partial charge is 0.342 e. The Morgan fingerprint density at radius 2 is 2.25 bits per heavy atom. The molecule has 1 rings (SSSR count). The number of carbonyl (C=O) groups is 1. The number of nitrogens with two attached hydrogens (primary N) is 1. The van der Waals surface area contributed by atoms with Gasteiger partial charge in [0.2, 0.25) is 0 Å². The molecule has 7 nitrogen and oxygen atoms in total. The minimum absolute atomic E-state index is 0.108. The highest BCUT2D eigenvalue weighted by molar-refractivity contribution is 5.94. The van der Waals surface area contributed by atoms with Crippen molar-refractivity contribution in [1.82, 2.24) is 0 Å². The van der Waals surface area contributed by atoms with E-state index in [9.17, 15) is 20.0 Å². The Hall–Kier alpha value is -2.31. The largest absolute Gasteiger partial charge is 0.507 e. The first-order valence-electron chi connectivity index (χ1n) is 4.41. The summed E-state index contributed by atoms with van der Waals surface area (Å²) in [6.07, 6.45) is 0. The minimum Gasteiger partial charge on any atom is -0.507 e. The third-order valence-electron chi connectivity index (χ3n) is 1.84. The van der Waals surface area contributed by atoms with Crippen molar-refractivity contribution in [1.29, 1.82) is 0 Å². The van der Waals surface area contributed by atoms with E-state index in [1.54, 1.807) is 6.92 Å². The van der Waals surface area contributed by atoms with Crippen LogP contribution in [-0.2, 0) is 4.74 Å². The van der Waals surface area contributed by atoms with Gasteiger partial charge in [0, 0.05) is 12.1 Å². The Labute approximate surface area is 90.6 Å². The molecule has 86 valence electrons. The second kappa shape index (κ2) is 4.47. The first kappa shape index (κ1) is 11.8. The lowest BCUT2D eigenvalue weighted by Crippen LogP contribution is -2.06. The highest BCUT2D eigenvalue weighted by atomic mass is 16.6. The lowest BCUT2D eigenvalue weighted by molar-refractivity contribution is -0.383. The van der Waals surface area contributed by atoms with E-state index in [1.807, 2.05) is 0 Å². The molecule has 3 N–H and O–H groups in total. The molecule has 0 saturated heterocycles. The molecule has 0 aromatic heterocycles. The van der Waals surface area contributed by atoms with Gasteiger partial charge in [-0.05, 0) is 6.92 Å². The van der Waals surface area contributed by atoms with Crippen molar-refractivity contribution in [2.24, 2.45) is 0 Å². The molecule has 0 bridgehead atoms. The van der Waals surface area contributed by atoms with Gasteiger partial charge >= 0.3 is 5.97 Å². The molecule has 0 heterocycles. The van der Waals surface area contributed by atoms with Crippen LogP contribution in [0.2, 0.25) is 0 Å². The predicted octanol–water partition coefficient (Wildman–Crippen LogP) is 1.06. The summed E-state index contributed by atoms with van der Waals surface area (Å²) in [6.45, 7) is 1.69. The molecule has 0 fully saturated rings. The van der Waals surface area contributed by atoms with Gasteiger partial charge in [-0.15, -0.1) is 0 Å². The van der Waals surface area contributed by atoms with Crippen molar-refractivity contribution < 1.29 is 19.6 Å². The quantitative estimate of drug-likeness (QED) is 0.344. The van der Waals surface area contributed by atoms with Crippen molar-refractivity contribution in [3.05, 3.63) is 27.8 Å². The number of nitrogens with zero attached hydrogens (tertiary/aromatic N) is 1. The molecule has 0 unspecified atom stereocenters. The number of hydrogen-bond donors (Lipinski definition) is 2. The summed E-state index contributed by atoms with van der Waals surface area (Å²) in [5.74, 6) is -1.27. The number of nitro groups is 1. The highest BCUT2D eigenvalue weighted by Gasteiger charge is 2.20. The van der Waals surface area contributed by atoms with Crippen molar-refractivity contribution in [3.8, 4) is 5.75 Å². The van der Waals surface area contributed by atoms with Gasteiger partial charge < -0.3 is 15.6 Å². The minimum atomic E-state index is -0.830. The van der Waals surface area contributed by atoms with Gasteiger partial charge in [-0.2, -0.15) is 0 Å². The first-order chi connectivity index (χ1) is 7.47. The molecule has 0 amide bonds. The van der Waals surface area contributed by atoms with Gasteiger partial charge in [-0.25, -0.2) is 4.79 Å². The third kappa shape index (κ3) is 2.19. The van der Waals surface area contributed by atoms with Gasteiger partial charge in [0.15, 0.2) is 0 Å². The second-order valence-electron chi connectivity index (χ2n) is 2.91. The predicted molar refractivity (Wildman–Crippen MR) is 55.1 cm³/mol. The van der Waals surface area contributed by atoms with Crippen molar-refractivity contribution in [3.63, 3.8) is 0 Å². The van der Waals surface area contributed by atoms with Gasteiger partial charge in [-0.3, -0.25) is 10.1 Å². The zero-order valence-corrected chi connectivity index (χ0v) is 8.47. The third-order valence-corrected chi connectivity index (χ3v) is 1.84. The first-order valence-corrected chi connectivity index (χ1v) is 4.41. The zero-order valence-electron chi connectivity index (χ0n) is 8.47. The zero-order chi connectivity index (χ0) is 12.3. The summed E-state index contributed by atoms with van der Waals surface area (Å²) in [5, 5.41) is 19.9. The number of hydrogen-bond acceptors (Lipinski definition) is 6. The van der Waals surface area contributed by atoms with Crippen LogP contribution in [0.3, 0.4) is 0 Å². The standard InChI is InChI=1S/C9H10N2O5/c1-2-16-9(13)5-3-7(11(14)15)6(10)4-8(5)12/h3-4,12H,2,10H2,1H3. The van der Waals surface area contributed by atoms with E-state index in [-0.39, 0.29) is 17.9 Å². The fourth-order valence-corrected chi connectivity index (χ4v) is 1.12. The summed E-state index contributed by atoms with van der Waals surface area (Å²) in [4.78, 5) is 21.1. The summed E-state index contributed by atoms with van der Waals surface area (Å²) >= 11 is 0. The maximum absolute atomic E-state index is 11.3. The number of nitrogen functional groups attached to an aromatic ring is 1. The van der Waals surface area contributed by atoms with Crippen LogP contribution in [0.4, 0.5) is 11.4 Å². The molecular formula is C9H10N2O5. The maximum atomic E-state index is 11.3. The van der Waals surface area contributed by atoms with Crippen LogP contribution in [0.15, 0.2) is 12.1 Å². The Bertz CT molecular complexity index is 444. The average molecular weight is 226 g/mol. The van der Waals surface area contributed by atoms with Crippen LogP contribution in [0, 0.1) is 10.1 Å². The molecular weight excluding hydrogens is 216 g/mol. The molecule has 1 aromatic rings. The Morgan fingerprint density at radius 3 is 2.75 bits per heavy atom. The van der Waals surface area contributed by atoms with E-state index in [0.717, 1.165) is 12.1 Å². The fourth-order valence-electron chi connectivity index (χ4n) is 1.12. The van der Waals surface area contributed by atoms with E-state index < -0.39 is 22.3 Å². The molecule has 0 aliphatic carbocycles. The number of benzene rings is 1. The molecule has 0 aliphatic heterocycles. The topological polar surface area (TPSA) is 116 Å². The normalized spacial score (nSPS) is 9.81. The Balaban J connectivity index is 3.24. The Kier molecular flexibility index (Phi) is 3.29. The number of ether oxygens (including phenoxy) is 1. The summed E-state index contributed by atoms with van der Waals surface area (Å²) in [6, 6.07) is 1.84. The number of rotatable bonds is 3. The highest BCUT2D eigenvalue weighted by Crippen LogP contribution is 2.30. The summed E-state index contributed by atoms with van der Waals surface area (Å²) in [5.41, 5.74) is 4.38. The van der Waals surface area contributed by atoms with Crippen LogP contribution in [0.1, 0.15) is 17.3 Å². The number of phenolic OH excluding ortho intramolecular Hbond substituents is 1. The molecule has 0 radical (unpaired) electrons. The monoisotopic (exact) mass is 226 g/mol. The van der Waals surface area contributed by atoms with E-state index in [1.165, 1.54) is 0 Å². The molecule has 0 atom stereocenters. The van der Waals surface area contributed by atoms with Gasteiger partial charge in [0.25, 0.3) is 5.69 Å². The van der Waals surface area contributed by atoms with Crippen molar-refractivity contribution in [2.45, 2.75) is 6.92 Å². The SMILES string of the molecule is CCOC(=O)c1cc([N+](=O)[O-])c(N)cc1O. The van der Waals surface area contributed by atoms with Crippen molar-refractivity contribution in [2.75, 3.05) is 12.3 Å². The molecule has 7 heteroatoms. The molecule has 0 aliphatic rings. The van der Waals surface area contributed by atoms with E-state index in [0.29, 0.717) is 0 Å². The summed E-state index contributed by atoms with van der Waals surface area (Å²) in [7, 11) is 0. The average Bonchev–Trinajstić information content (AvgIpc) is 2.17. The van der Waals surface area contributed by atoms with Gasteiger partial charge in [0.05, 0.1) is 11.5 Å². The number of aromatic hydroxyl groups is 1. The maximum Gasteiger partial charge on any atom is 0.342 e. The molecule has 0 saturated carbocycles. The van der Waals surface area contributed by atoms with Crippen LogP contribution < -0.4 is 5.73 Å². The van der Waals surface area contributed by atoms with E-state index in [2.05, 4.69) is 4.74 Å². The lowest BCUT2D eigenvalue weighted by Gasteiger charge is -2.05. The van der Waals surface area contributed by atoms with Crippen molar-refractivity contribution >= 4 is 17.3 Å². The van der Waals surface area contributed by atoms with E-state index >= 15 is 0 Å². The number of nitro benzene ring substituents is 1. The number of anilines is 1. The number of carbonyl (C=O) groups excluding carboxylic acids is 1. The molecule has 1 aromatic carbocycles. The van der Waals surface area contributed by atoms with Crippen LogP contribution >= 0.6 is 0 Å². The molecule has 0 spiro atoms. The van der Waals surface area contributed by atoms with Gasteiger partial charge in [-0.1, -0.05) is 0 Å². The van der Waals surface area contributed by atoms with Crippen LogP contribution in [0.25, 0.3) is 0 Å².